The number of primary amides is 1. The molecule has 1 atom stereocenters. The van der Waals surface area contributed by atoms with Gasteiger partial charge in [-0.3, -0.25) is 9.59 Å². The van der Waals surface area contributed by atoms with Crippen LogP contribution >= 0.6 is 0 Å². The van der Waals surface area contributed by atoms with Crippen LogP contribution in [0.1, 0.15) is 27.8 Å². The van der Waals surface area contributed by atoms with E-state index in [4.69, 9.17) is 5.73 Å². The van der Waals surface area contributed by atoms with E-state index in [1.807, 2.05) is 32.0 Å². The summed E-state index contributed by atoms with van der Waals surface area (Å²) in [6.45, 7) is 3.81. The van der Waals surface area contributed by atoms with Crippen molar-refractivity contribution in [3.8, 4) is 0 Å². The highest BCUT2D eigenvalue weighted by molar-refractivity contribution is 5.87. The van der Waals surface area contributed by atoms with Crippen LogP contribution in [0.4, 0.5) is 13.2 Å². The molecule has 0 spiro atoms. The number of alkyl halides is 3. The number of nitrogens with one attached hydrogen (secondary N) is 1. The van der Waals surface area contributed by atoms with Gasteiger partial charge in [-0.25, -0.2) is 0 Å². The number of benzene rings is 2. The molecule has 0 unspecified atom stereocenters. The second-order valence-corrected chi connectivity index (χ2v) is 6.47. The number of aryl methyl sites for hydroxylation is 2. The number of carbonyl (C=O) groups is 2. The number of amides is 2. The van der Waals surface area contributed by atoms with E-state index in [1.54, 1.807) is 0 Å². The number of carbonyl (C=O) groups excluding carboxylic acids is 2. The second kappa shape index (κ2) is 8.24. The maximum atomic E-state index is 12.6. The SMILES string of the molecule is Cc1cccc(C)c1C[C@H](NC(=O)Cc1ccc(C(F)(F)F)cc1)C(N)=O. The number of hydrogen-bond donors (Lipinski definition) is 2. The summed E-state index contributed by atoms with van der Waals surface area (Å²) in [7, 11) is 0. The zero-order valence-corrected chi connectivity index (χ0v) is 15.1. The van der Waals surface area contributed by atoms with Crippen molar-refractivity contribution >= 4 is 11.8 Å². The van der Waals surface area contributed by atoms with E-state index in [2.05, 4.69) is 5.32 Å². The van der Waals surface area contributed by atoms with Crippen molar-refractivity contribution < 1.29 is 22.8 Å². The van der Waals surface area contributed by atoms with Crippen LogP contribution in [0.3, 0.4) is 0 Å². The van der Waals surface area contributed by atoms with Crippen LogP contribution in [0.15, 0.2) is 42.5 Å². The average Bonchev–Trinajstić information content (AvgIpc) is 2.56. The van der Waals surface area contributed by atoms with Gasteiger partial charge < -0.3 is 11.1 Å². The Morgan fingerprint density at radius 1 is 1.04 bits per heavy atom. The first-order chi connectivity index (χ1) is 12.6. The molecule has 7 heteroatoms. The van der Waals surface area contributed by atoms with Gasteiger partial charge in [-0.05, 0) is 48.2 Å². The molecule has 0 radical (unpaired) electrons. The Balaban J connectivity index is 2.06. The summed E-state index contributed by atoms with van der Waals surface area (Å²) in [5.41, 5.74) is 7.94. The summed E-state index contributed by atoms with van der Waals surface area (Å²) in [6, 6.07) is 9.15. The molecule has 0 aliphatic heterocycles. The first-order valence-electron chi connectivity index (χ1n) is 8.38. The zero-order chi connectivity index (χ0) is 20.2. The summed E-state index contributed by atoms with van der Waals surface area (Å²) in [5.74, 6) is -1.15. The van der Waals surface area contributed by atoms with Crippen molar-refractivity contribution in [2.24, 2.45) is 5.73 Å². The van der Waals surface area contributed by atoms with E-state index < -0.39 is 29.6 Å². The molecule has 2 rings (SSSR count). The smallest absolute Gasteiger partial charge is 0.368 e. The van der Waals surface area contributed by atoms with Crippen LogP contribution in [0.5, 0.6) is 0 Å². The Morgan fingerprint density at radius 3 is 2.07 bits per heavy atom. The summed E-state index contributed by atoms with van der Waals surface area (Å²) in [5, 5.41) is 2.58. The predicted molar refractivity (Wildman–Crippen MR) is 95.9 cm³/mol. The quantitative estimate of drug-likeness (QED) is 0.811. The monoisotopic (exact) mass is 378 g/mol. The zero-order valence-electron chi connectivity index (χ0n) is 15.1. The minimum absolute atomic E-state index is 0.144. The summed E-state index contributed by atoms with van der Waals surface area (Å²) >= 11 is 0. The third kappa shape index (κ3) is 5.57. The summed E-state index contributed by atoms with van der Waals surface area (Å²) < 4.78 is 37.8. The van der Waals surface area contributed by atoms with Crippen molar-refractivity contribution in [1.82, 2.24) is 5.32 Å². The van der Waals surface area contributed by atoms with Gasteiger partial charge in [0.25, 0.3) is 0 Å². The third-order valence-electron chi connectivity index (χ3n) is 4.38. The molecular formula is C20H21F3N2O2. The van der Waals surface area contributed by atoms with Gasteiger partial charge in [0, 0.05) is 6.42 Å². The molecule has 4 nitrogen and oxygen atoms in total. The Hall–Kier alpha value is -2.83. The Kier molecular flexibility index (Phi) is 6.25. The fraction of sp³-hybridized carbons (Fsp3) is 0.300. The van der Waals surface area contributed by atoms with Crippen LogP contribution in [0.25, 0.3) is 0 Å². The average molecular weight is 378 g/mol. The molecule has 144 valence electrons. The summed E-state index contributed by atoms with van der Waals surface area (Å²) in [6.07, 6.45) is -4.31. The summed E-state index contributed by atoms with van der Waals surface area (Å²) in [4.78, 5) is 24.0. The van der Waals surface area contributed by atoms with E-state index in [9.17, 15) is 22.8 Å². The molecular weight excluding hydrogens is 357 g/mol. The Bertz CT molecular complexity index is 810. The predicted octanol–water partition coefficient (Wildman–Crippen LogP) is 3.08. The normalized spacial score (nSPS) is 12.5. The Morgan fingerprint density at radius 2 is 1.59 bits per heavy atom. The van der Waals surface area contributed by atoms with Crippen LogP contribution < -0.4 is 11.1 Å². The van der Waals surface area contributed by atoms with E-state index in [-0.39, 0.29) is 12.8 Å². The molecule has 0 aliphatic carbocycles. The molecule has 0 aliphatic rings. The Labute approximate surface area is 155 Å². The lowest BCUT2D eigenvalue weighted by Gasteiger charge is -2.18. The highest BCUT2D eigenvalue weighted by Gasteiger charge is 2.30. The lowest BCUT2D eigenvalue weighted by atomic mass is 9.96. The van der Waals surface area contributed by atoms with Crippen LogP contribution in [-0.2, 0) is 28.6 Å². The molecule has 2 aromatic carbocycles. The fourth-order valence-electron chi connectivity index (χ4n) is 2.84. The van der Waals surface area contributed by atoms with Crippen LogP contribution in [0, 0.1) is 13.8 Å². The van der Waals surface area contributed by atoms with Crippen molar-refractivity contribution in [2.75, 3.05) is 0 Å². The number of rotatable bonds is 6. The lowest BCUT2D eigenvalue weighted by Crippen LogP contribution is -2.46. The maximum absolute atomic E-state index is 12.6. The molecule has 0 bridgehead atoms. The molecule has 0 saturated heterocycles. The molecule has 0 aromatic heterocycles. The van der Waals surface area contributed by atoms with Gasteiger partial charge in [-0.2, -0.15) is 13.2 Å². The standard InChI is InChI=1S/C20H21F3N2O2/c1-12-4-3-5-13(2)16(12)11-17(19(24)27)25-18(26)10-14-6-8-15(9-7-14)20(21,22)23/h3-9,17H,10-11H2,1-2H3,(H2,24,27)(H,25,26)/t17-/m0/s1. The first-order valence-corrected chi connectivity index (χ1v) is 8.38. The molecule has 0 fully saturated rings. The van der Waals surface area contributed by atoms with Crippen molar-refractivity contribution in [1.29, 1.82) is 0 Å². The van der Waals surface area contributed by atoms with E-state index in [0.717, 1.165) is 28.8 Å². The van der Waals surface area contributed by atoms with Gasteiger partial charge in [0.05, 0.1) is 12.0 Å². The topological polar surface area (TPSA) is 72.2 Å². The molecule has 3 N–H and O–H groups in total. The second-order valence-electron chi connectivity index (χ2n) is 6.47. The van der Waals surface area contributed by atoms with Crippen molar-refractivity contribution in [2.45, 2.75) is 38.9 Å². The minimum atomic E-state index is -4.43. The minimum Gasteiger partial charge on any atom is -0.368 e. The van der Waals surface area contributed by atoms with Gasteiger partial charge in [-0.1, -0.05) is 30.3 Å². The molecule has 2 amide bonds. The van der Waals surface area contributed by atoms with E-state index in [1.165, 1.54) is 12.1 Å². The maximum Gasteiger partial charge on any atom is 0.416 e. The highest BCUT2D eigenvalue weighted by atomic mass is 19.4. The van der Waals surface area contributed by atoms with E-state index in [0.29, 0.717) is 5.56 Å². The molecule has 0 saturated carbocycles. The number of nitrogens with two attached hydrogens (primary N) is 1. The van der Waals surface area contributed by atoms with Crippen LogP contribution in [-0.4, -0.2) is 17.9 Å². The van der Waals surface area contributed by atoms with Crippen LogP contribution in [0.2, 0.25) is 0 Å². The molecule has 27 heavy (non-hydrogen) atoms. The first kappa shape index (κ1) is 20.5. The van der Waals surface area contributed by atoms with Gasteiger partial charge >= 0.3 is 6.18 Å². The third-order valence-corrected chi connectivity index (χ3v) is 4.38. The van der Waals surface area contributed by atoms with Gasteiger partial charge in [0.2, 0.25) is 11.8 Å². The lowest BCUT2D eigenvalue weighted by molar-refractivity contribution is -0.137. The number of halogens is 3. The molecule has 2 aromatic rings. The largest absolute Gasteiger partial charge is 0.416 e. The molecule has 0 heterocycles. The van der Waals surface area contributed by atoms with Gasteiger partial charge in [0.1, 0.15) is 6.04 Å². The fourth-order valence-corrected chi connectivity index (χ4v) is 2.84. The van der Waals surface area contributed by atoms with Gasteiger partial charge in [-0.15, -0.1) is 0 Å². The highest BCUT2D eigenvalue weighted by Crippen LogP contribution is 2.29. The van der Waals surface area contributed by atoms with Gasteiger partial charge in [0.15, 0.2) is 0 Å². The number of hydrogen-bond acceptors (Lipinski definition) is 2. The van der Waals surface area contributed by atoms with Crippen molar-refractivity contribution in [3.63, 3.8) is 0 Å². The van der Waals surface area contributed by atoms with E-state index >= 15 is 0 Å². The van der Waals surface area contributed by atoms with Crippen molar-refractivity contribution in [3.05, 3.63) is 70.3 Å².